The first-order chi connectivity index (χ1) is 12.6. The minimum Gasteiger partial charge on any atom is -0.339 e. The predicted molar refractivity (Wildman–Crippen MR) is 103 cm³/mol. The van der Waals surface area contributed by atoms with E-state index in [2.05, 4.69) is 10.3 Å². The number of fused-ring (bicyclic) bond motifs is 1. The molecule has 0 aliphatic rings. The molecule has 2 aromatic carbocycles. The molecule has 0 saturated carbocycles. The molecule has 3 rings (SSSR count). The maximum Gasteiger partial charge on any atom is 0.255 e. The molecule has 0 fully saturated rings. The average Bonchev–Trinajstić information content (AvgIpc) is 2.69. The first-order valence-corrected chi connectivity index (χ1v) is 8.68. The van der Waals surface area contributed by atoms with Gasteiger partial charge in [0.15, 0.2) is 0 Å². The Morgan fingerprint density at radius 1 is 0.923 bits per heavy atom. The van der Waals surface area contributed by atoms with Crippen LogP contribution in [0.1, 0.15) is 34.6 Å². The Morgan fingerprint density at radius 3 is 2.27 bits per heavy atom. The molecule has 0 saturated heterocycles. The van der Waals surface area contributed by atoms with Crippen LogP contribution in [0.2, 0.25) is 0 Å². The molecule has 0 bridgehead atoms. The van der Waals surface area contributed by atoms with E-state index < -0.39 is 0 Å². The van der Waals surface area contributed by atoms with Gasteiger partial charge in [0.25, 0.3) is 11.8 Å². The van der Waals surface area contributed by atoms with Gasteiger partial charge in [0.2, 0.25) is 0 Å². The highest BCUT2D eigenvalue weighted by Gasteiger charge is 2.14. The number of amides is 2. The topological polar surface area (TPSA) is 62.3 Å². The lowest BCUT2D eigenvalue weighted by atomic mass is 10.1. The Hall–Kier alpha value is -3.21. The number of pyridine rings is 1. The van der Waals surface area contributed by atoms with Gasteiger partial charge >= 0.3 is 0 Å². The van der Waals surface area contributed by atoms with Crippen LogP contribution in [0.25, 0.3) is 10.9 Å². The van der Waals surface area contributed by atoms with Crippen molar-refractivity contribution >= 4 is 28.4 Å². The Morgan fingerprint density at radius 2 is 1.58 bits per heavy atom. The Balaban J connectivity index is 1.79. The fourth-order valence-electron chi connectivity index (χ4n) is 2.86. The fraction of sp³-hybridized carbons (Fsp3) is 0.190. The molecule has 0 aliphatic carbocycles. The van der Waals surface area contributed by atoms with E-state index in [-0.39, 0.29) is 11.8 Å². The third-order valence-electron chi connectivity index (χ3n) is 4.33. The average molecular weight is 347 g/mol. The van der Waals surface area contributed by atoms with E-state index in [1.807, 2.05) is 44.2 Å². The summed E-state index contributed by atoms with van der Waals surface area (Å²) >= 11 is 0. The number of anilines is 1. The molecule has 3 aromatic rings. The minimum absolute atomic E-state index is 0.0276. The number of carbonyl (C=O) groups excluding carboxylic acids is 2. The van der Waals surface area contributed by atoms with Gasteiger partial charge in [-0.15, -0.1) is 0 Å². The summed E-state index contributed by atoms with van der Waals surface area (Å²) < 4.78 is 0. The van der Waals surface area contributed by atoms with E-state index in [1.165, 1.54) is 0 Å². The molecular weight excluding hydrogens is 326 g/mol. The van der Waals surface area contributed by atoms with E-state index in [4.69, 9.17) is 0 Å². The molecule has 0 unspecified atom stereocenters. The molecule has 1 N–H and O–H groups in total. The number of hydrogen-bond donors (Lipinski definition) is 1. The number of nitrogens with zero attached hydrogens (tertiary/aromatic N) is 2. The van der Waals surface area contributed by atoms with Crippen LogP contribution in [0.3, 0.4) is 0 Å². The largest absolute Gasteiger partial charge is 0.339 e. The van der Waals surface area contributed by atoms with Gasteiger partial charge < -0.3 is 10.2 Å². The van der Waals surface area contributed by atoms with Gasteiger partial charge in [0.05, 0.1) is 11.2 Å². The third kappa shape index (κ3) is 3.57. The van der Waals surface area contributed by atoms with Crippen LogP contribution in [-0.2, 0) is 0 Å². The highest BCUT2D eigenvalue weighted by molar-refractivity contribution is 6.08. The van der Waals surface area contributed by atoms with E-state index in [9.17, 15) is 9.59 Å². The number of para-hydroxylation sites is 1. The summed E-state index contributed by atoms with van der Waals surface area (Å²) in [6.45, 7) is 5.21. The quantitative estimate of drug-likeness (QED) is 0.760. The molecule has 0 aliphatic heterocycles. The molecule has 1 heterocycles. The second-order valence-electron chi connectivity index (χ2n) is 5.89. The second-order valence-corrected chi connectivity index (χ2v) is 5.89. The summed E-state index contributed by atoms with van der Waals surface area (Å²) in [7, 11) is 0. The number of benzene rings is 2. The molecule has 5 nitrogen and oxygen atoms in total. The Kier molecular flexibility index (Phi) is 5.27. The molecule has 1 aromatic heterocycles. The lowest BCUT2D eigenvalue weighted by molar-refractivity contribution is 0.0772. The molecule has 2 amide bonds. The fourth-order valence-corrected chi connectivity index (χ4v) is 2.86. The summed E-state index contributed by atoms with van der Waals surface area (Å²) in [6, 6.07) is 16.2. The standard InChI is InChI=1S/C21H21N3O2/c1-3-24(4-2)21(26)17-12-10-16(11-13-17)20(25)23-18-9-5-7-15-8-6-14-22-19(15)18/h5-14H,3-4H2,1-2H3,(H,23,25). The monoisotopic (exact) mass is 347 g/mol. The zero-order valence-corrected chi connectivity index (χ0v) is 14.9. The van der Waals surface area contributed by atoms with Gasteiger partial charge in [-0.3, -0.25) is 14.6 Å². The number of rotatable bonds is 5. The normalized spacial score (nSPS) is 10.5. The van der Waals surface area contributed by atoms with Crippen molar-refractivity contribution in [3.05, 3.63) is 71.9 Å². The van der Waals surface area contributed by atoms with E-state index >= 15 is 0 Å². The maximum atomic E-state index is 12.6. The molecule has 0 atom stereocenters. The van der Waals surface area contributed by atoms with Gasteiger partial charge in [0, 0.05) is 35.8 Å². The molecule has 132 valence electrons. The summed E-state index contributed by atoms with van der Waals surface area (Å²) in [6.07, 6.45) is 1.70. The van der Waals surface area contributed by atoms with Gasteiger partial charge in [-0.25, -0.2) is 0 Å². The Labute approximate surface area is 152 Å². The molecule has 5 heteroatoms. The predicted octanol–water partition coefficient (Wildman–Crippen LogP) is 3.97. The third-order valence-corrected chi connectivity index (χ3v) is 4.33. The van der Waals surface area contributed by atoms with Crippen molar-refractivity contribution in [2.45, 2.75) is 13.8 Å². The van der Waals surface area contributed by atoms with E-state index in [1.54, 1.807) is 35.4 Å². The van der Waals surface area contributed by atoms with Gasteiger partial charge in [-0.2, -0.15) is 0 Å². The molecular formula is C21H21N3O2. The van der Waals surface area contributed by atoms with E-state index in [0.29, 0.717) is 29.9 Å². The highest BCUT2D eigenvalue weighted by Crippen LogP contribution is 2.21. The lowest BCUT2D eigenvalue weighted by Crippen LogP contribution is -2.30. The smallest absolute Gasteiger partial charge is 0.255 e. The second kappa shape index (κ2) is 7.78. The van der Waals surface area contributed by atoms with Crippen LogP contribution in [0.15, 0.2) is 60.8 Å². The van der Waals surface area contributed by atoms with Crippen LogP contribution in [0.4, 0.5) is 5.69 Å². The first kappa shape index (κ1) is 17.6. The van der Waals surface area contributed by atoms with E-state index in [0.717, 1.165) is 10.9 Å². The van der Waals surface area contributed by atoms with Crippen molar-refractivity contribution in [2.75, 3.05) is 18.4 Å². The van der Waals surface area contributed by atoms with Crippen LogP contribution in [-0.4, -0.2) is 34.8 Å². The van der Waals surface area contributed by atoms with Gasteiger partial charge in [-0.05, 0) is 50.2 Å². The first-order valence-electron chi connectivity index (χ1n) is 8.68. The minimum atomic E-state index is -0.231. The van der Waals surface area contributed by atoms with Crippen molar-refractivity contribution in [1.82, 2.24) is 9.88 Å². The summed E-state index contributed by atoms with van der Waals surface area (Å²) in [5.74, 6) is -0.259. The summed E-state index contributed by atoms with van der Waals surface area (Å²) in [5.41, 5.74) is 2.49. The van der Waals surface area contributed by atoms with Crippen molar-refractivity contribution < 1.29 is 9.59 Å². The van der Waals surface area contributed by atoms with Crippen LogP contribution in [0.5, 0.6) is 0 Å². The lowest BCUT2D eigenvalue weighted by Gasteiger charge is -2.18. The van der Waals surface area contributed by atoms with Gasteiger partial charge in [0.1, 0.15) is 0 Å². The highest BCUT2D eigenvalue weighted by atomic mass is 16.2. The maximum absolute atomic E-state index is 12.6. The van der Waals surface area contributed by atoms with Crippen molar-refractivity contribution in [1.29, 1.82) is 0 Å². The van der Waals surface area contributed by atoms with Crippen molar-refractivity contribution in [3.63, 3.8) is 0 Å². The zero-order valence-electron chi connectivity index (χ0n) is 14.9. The van der Waals surface area contributed by atoms with Crippen molar-refractivity contribution in [3.8, 4) is 0 Å². The summed E-state index contributed by atoms with van der Waals surface area (Å²) in [5, 5.41) is 3.86. The van der Waals surface area contributed by atoms with Crippen molar-refractivity contribution in [2.24, 2.45) is 0 Å². The number of nitrogens with one attached hydrogen (secondary N) is 1. The number of carbonyl (C=O) groups is 2. The molecule has 0 radical (unpaired) electrons. The molecule has 0 spiro atoms. The van der Waals surface area contributed by atoms with Crippen LogP contribution in [0, 0.1) is 0 Å². The van der Waals surface area contributed by atoms with Crippen LogP contribution >= 0.6 is 0 Å². The zero-order chi connectivity index (χ0) is 18.5. The number of aromatic nitrogens is 1. The summed E-state index contributed by atoms with van der Waals surface area (Å²) in [4.78, 5) is 31.0. The molecule has 26 heavy (non-hydrogen) atoms. The van der Waals surface area contributed by atoms with Crippen LogP contribution < -0.4 is 5.32 Å². The van der Waals surface area contributed by atoms with Gasteiger partial charge in [-0.1, -0.05) is 18.2 Å². The SMILES string of the molecule is CCN(CC)C(=O)c1ccc(C(=O)Nc2cccc3cccnc23)cc1. The Bertz CT molecular complexity index is 926. The number of hydrogen-bond acceptors (Lipinski definition) is 3.